The average molecular weight is 440 g/mol. The lowest BCUT2D eigenvalue weighted by Gasteiger charge is -2.26. The van der Waals surface area contributed by atoms with Gasteiger partial charge < -0.3 is 14.6 Å². The van der Waals surface area contributed by atoms with Gasteiger partial charge in [-0.1, -0.05) is 11.6 Å². The first-order valence-electron chi connectivity index (χ1n) is 9.62. The number of hydrogen-bond acceptors (Lipinski definition) is 5. The minimum Gasteiger partial charge on any atom is -0.488 e. The van der Waals surface area contributed by atoms with Crippen LogP contribution in [-0.4, -0.2) is 51.3 Å². The molecular formula is C21H23F3N2O5. The molecule has 2 atom stereocenters. The van der Waals surface area contributed by atoms with Gasteiger partial charge in [-0.3, -0.25) is 4.90 Å². The van der Waals surface area contributed by atoms with Gasteiger partial charge in [-0.15, -0.1) is 0 Å². The summed E-state index contributed by atoms with van der Waals surface area (Å²) in [5.41, 5.74) is -1.05. The molecule has 1 aliphatic heterocycles. The smallest absolute Gasteiger partial charge is 0.433 e. The predicted molar refractivity (Wildman–Crippen MR) is 105 cm³/mol. The summed E-state index contributed by atoms with van der Waals surface area (Å²) in [6.07, 6.45) is -6.43. The Labute approximate surface area is 176 Å². The lowest BCUT2D eigenvalue weighted by Crippen LogP contribution is -2.43. The molecule has 1 fully saturated rings. The number of ether oxygens (including phenoxy) is 2. The maximum atomic E-state index is 13.3. The highest BCUT2D eigenvalue weighted by Crippen LogP contribution is 2.36. The molecule has 7 nitrogen and oxygen atoms in total. The maximum absolute atomic E-state index is 13.3. The second-order valence-corrected chi connectivity index (χ2v) is 8.49. The summed E-state index contributed by atoms with van der Waals surface area (Å²) in [4.78, 5) is 28.8. The van der Waals surface area contributed by atoms with Gasteiger partial charge in [0.2, 0.25) is 0 Å². The van der Waals surface area contributed by atoms with Gasteiger partial charge >= 0.3 is 18.2 Å². The van der Waals surface area contributed by atoms with Gasteiger partial charge in [0.1, 0.15) is 29.2 Å². The molecule has 0 unspecified atom stereocenters. The summed E-state index contributed by atoms with van der Waals surface area (Å²) < 4.78 is 51.0. The minimum atomic E-state index is -4.68. The lowest BCUT2D eigenvalue weighted by molar-refractivity contribution is -0.142. The summed E-state index contributed by atoms with van der Waals surface area (Å²) in [5.74, 6) is -1.32. The normalized spacial score (nSPS) is 19.5. The van der Waals surface area contributed by atoms with Crippen molar-refractivity contribution < 1.29 is 37.3 Å². The Morgan fingerprint density at radius 2 is 1.87 bits per heavy atom. The molecule has 1 aromatic heterocycles. The highest BCUT2D eigenvalue weighted by Gasteiger charge is 2.43. The van der Waals surface area contributed by atoms with E-state index in [0.29, 0.717) is 5.39 Å². The molecule has 1 N–H and O–H groups in total. The van der Waals surface area contributed by atoms with Gasteiger partial charge in [-0.2, -0.15) is 13.2 Å². The van der Waals surface area contributed by atoms with E-state index >= 15 is 0 Å². The second-order valence-electron chi connectivity index (χ2n) is 8.49. The van der Waals surface area contributed by atoms with E-state index in [0.717, 1.165) is 16.5 Å². The van der Waals surface area contributed by atoms with Crippen molar-refractivity contribution in [1.29, 1.82) is 0 Å². The van der Waals surface area contributed by atoms with Crippen LogP contribution in [0, 0.1) is 6.92 Å². The molecule has 0 aliphatic carbocycles. The molecule has 3 rings (SSSR count). The summed E-state index contributed by atoms with van der Waals surface area (Å²) in [7, 11) is 0. The van der Waals surface area contributed by atoms with Gasteiger partial charge in [0, 0.05) is 17.9 Å². The van der Waals surface area contributed by atoms with Gasteiger partial charge in [-0.25, -0.2) is 14.6 Å². The Morgan fingerprint density at radius 3 is 2.45 bits per heavy atom. The molecule has 1 aromatic carbocycles. The van der Waals surface area contributed by atoms with Crippen molar-refractivity contribution in [2.75, 3.05) is 6.54 Å². The zero-order valence-corrected chi connectivity index (χ0v) is 17.5. The van der Waals surface area contributed by atoms with E-state index in [4.69, 9.17) is 9.47 Å². The van der Waals surface area contributed by atoms with E-state index in [9.17, 15) is 27.9 Å². The van der Waals surface area contributed by atoms with Crippen LogP contribution in [0.4, 0.5) is 18.0 Å². The Kier molecular flexibility index (Phi) is 5.77. The fourth-order valence-corrected chi connectivity index (χ4v) is 3.37. The Bertz CT molecular complexity index is 1020. The van der Waals surface area contributed by atoms with Crippen molar-refractivity contribution in [3.05, 3.63) is 35.5 Å². The molecule has 168 valence electrons. The fourth-order valence-electron chi connectivity index (χ4n) is 3.37. The quantitative estimate of drug-likeness (QED) is 0.761. The number of likely N-dealkylation sites (tertiary alicyclic amines) is 1. The monoisotopic (exact) mass is 440 g/mol. The number of hydrogen-bond donors (Lipinski definition) is 1. The summed E-state index contributed by atoms with van der Waals surface area (Å²) in [6.45, 7) is 6.59. The molecule has 0 saturated carbocycles. The molecule has 1 saturated heterocycles. The third-order valence-electron chi connectivity index (χ3n) is 4.69. The fraction of sp³-hybridized carbons (Fsp3) is 0.476. The van der Waals surface area contributed by atoms with Crippen molar-refractivity contribution in [2.45, 2.75) is 58.0 Å². The molecule has 31 heavy (non-hydrogen) atoms. The first kappa shape index (κ1) is 22.6. The van der Waals surface area contributed by atoms with Crippen molar-refractivity contribution in [3.8, 4) is 5.75 Å². The van der Waals surface area contributed by atoms with Gasteiger partial charge in [-0.05, 0) is 39.8 Å². The number of benzene rings is 1. The topological polar surface area (TPSA) is 89.0 Å². The summed E-state index contributed by atoms with van der Waals surface area (Å²) in [6, 6.07) is 4.34. The number of aliphatic carboxylic acids is 1. The van der Waals surface area contributed by atoms with Crippen LogP contribution in [-0.2, 0) is 15.7 Å². The van der Waals surface area contributed by atoms with Gasteiger partial charge in [0.25, 0.3) is 0 Å². The largest absolute Gasteiger partial charge is 0.488 e. The molecule has 1 aliphatic rings. The number of aromatic nitrogens is 1. The van der Waals surface area contributed by atoms with Crippen molar-refractivity contribution in [1.82, 2.24) is 9.88 Å². The van der Waals surface area contributed by atoms with E-state index in [1.54, 1.807) is 39.8 Å². The number of aryl methyl sites for hydroxylation is 1. The molecule has 2 aromatic rings. The maximum Gasteiger partial charge on any atom is 0.433 e. The highest BCUT2D eigenvalue weighted by molar-refractivity contribution is 5.86. The van der Waals surface area contributed by atoms with Crippen molar-refractivity contribution in [3.63, 3.8) is 0 Å². The van der Waals surface area contributed by atoms with E-state index < -0.39 is 41.7 Å². The molecule has 0 radical (unpaired) electrons. The number of halogens is 3. The minimum absolute atomic E-state index is 0.0683. The van der Waals surface area contributed by atoms with Crippen LogP contribution in [0.5, 0.6) is 5.75 Å². The second kappa shape index (κ2) is 7.90. The van der Waals surface area contributed by atoms with Crippen LogP contribution >= 0.6 is 0 Å². The number of pyridine rings is 1. The van der Waals surface area contributed by atoms with Crippen LogP contribution in [0.25, 0.3) is 10.9 Å². The molecule has 1 amide bonds. The molecule has 10 heteroatoms. The van der Waals surface area contributed by atoms with Crippen molar-refractivity contribution >= 4 is 23.0 Å². The number of alkyl halides is 3. The number of nitrogens with zero attached hydrogens (tertiary/aromatic N) is 2. The van der Waals surface area contributed by atoms with E-state index in [-0.39, 0.29) is 24.2 Å². The summed E-state index contributed by atoms with van der Waals surface area (Å²) >= 11 is 0. The van der Waals surface area contributed by atoms with Crippen LogP contribution in [0.1, 0.15) is 38.4 Å². The van der Waals surface area contributed by atoms with E-state index in [1.807, 2.05) is 0 Å². The third-order valence-corrected chi connectivity index (χ3v) is 4.69. The summed E-state index contributed by atoms with van der Waals surface area (Å²) in [5, 5.41) is 9.88. The molecule has 0 bridgehead atoms. The Morgan fingerprint density at radius 1 is 1.19 bits per heavy atom. The van der Waals surface area contributed by atoms with Crippen LogP contribution in [0.2, 0.25) is 0 Å². The number of amides is 1. The first-order chi connectivity index (χ1) is 14.2. The Hall–Kier alpha value is -3.04. The van der Waals surface area contributed by atoms with Crippen LogP contribution < -0.4 is 4.74 Å². The number of carboxylic acids is 1. The Balaban J connectivity index is 1.93. The van der Waals surface area contributed by atoms with Crippen LogP contribution in [0.3, 0.4) is 0 Å². The average Bonchev–Trinajstić information content (AvgIpc) is 3.04. The van der Waals surface area contributed by atoms with Crippen LogP contribution in [0.15, 0.2) is 24.3 Å². The van der Waals surface area contributed by atoms with E-state index in [1.165, 1.54) is 6.07 Å². The number of rotatable bonds is 3. The SMILES string of the molecule is Cc1ccc2nc(C(F)(F)F)cc(O[C@@H]3C[C@@H](C(=O)O)N(C(=O)OC(C)(C)C)C3)c2c1. The van der Waals surface area contributed by atoms with E-state index in [2.05, 4.69) is 4.98 Å². The molecular weight excluding hydrogens is 417 g/mol. The number of carboxylic acid groups (broad SMARTS) is 1. The zero-order valence-electron chi connectivity index (χ0n) is 17.5. The zero-order chi connectivity index (χ0) is 23.1. The number of carbonyl (C=O) groups is 2. The van der Waals surface area contributed by atoms with Gasteiger partial charge in [0.05, 0.1) is 12.1 Å². The lowest BCUT2D eigenvalue weighted by atomic mass is 10.1. The molecule has 2 heterocycles. The highest BCUT2D eigenvalue weighted by atomic mass is 19.4. The third kappa shape index (κ3) is 5.18. The standard InChI is InChI=1S/C21H23F3N2O5/c1-11-5-6-14-13(7-11)16(9-17(25-14)21(22,23)24)30-12-8-15(18(27)28)26(10-12)19(29)31-20(2,3)4/h5-7,9,12,15H,8,10H2,1-4H3,(H,27,28)/t12-,15+/m1/s1. The van der Waals surface area contributed by atoms with Gasteiger partial charge in [0.15, 0.2) is 0 Å². The van der Waals surface area contributed by atoms with Crippen molar-refractivity contribution in [2.24, 2.45) is 0 Å². The molecule has 0 spiro atoms. The predicted octanol–water partition coefficient (Wildman–Crippen LogP) is 4.40. The number of carbonyl (C=O) groups excluding carboxylic acids is 1. The number of fused-ring (bicyclic) bond motifs is 1. The first-order valence-corrected chi connectivity index (χ1v) is 9.62.